The van der Waals surface area contributed by atoms with Gasteiger partial charge >= 0.3 is 12.3 Å². The highest BCUT2D eigenvalue weighted by molar-refractivity contribution is 5.68. The molecule has 0 saturated heterocycles. The van der Waals surface area contributed by atoms with Gasteiger partial charge in [0.1, 0.15) is 0 Å². The van der Waals surface area contributed by atoms with E-state index in [-0.39, 0.29) is 18.4 Å². The molecule has 1 heterocycles. The number of carbonyl (C=O) groups excluding carboxylic acids is 2. The summed E-state index contributed by atoms with van der Waals surface area (Å²) >= 11 is 0. The van der Waals surface area contributed by atoms with Crippen LogP contribution in [0.25, 0.3) is 0 Å². The van der Waals surface area contributed by atoms with Crippen LogP contribution in [0.5, 0.6) is 0 Å². The van der Waals surface area contributed by atoms with E-state index >= 15 is 0 Å². The van der Waals surface area contributed by atoms with Crippen molar-refractivity contribution in [1.29, 1.82) is 0 Å². The molecule has 0 aliphatic carbocycles. The van der Waals surface area contributed by atoms with Crippen molar-refractivity contribution < 1.29 is 28.5 Å². The molecule has 1 aromatic carbocycles. The third kappa shape index (κ3) is 4.23. The Hall–Kier alpha value is -3.16. The van der Waals surface area contributed by atoms with Gasteiger partial charge in [0.2, 0.25) is 11.8 Å². The van der Waals surface area contributed by atoms with Gasteiger partial charge in [-0.1, -0.05) is 18.2 Å². The summed E-state index contributed by atoms with van der Waals surface area (Å²) in [6.07, 6.45) is -1.76. The van der Waals surface area contributed by atoms with E-state index in [0.29, 0.717) is 17.1 Å². The summed E-state index contributed by atoms with van der Waals surface area (Å²) in [6, 6.07) is 9.01. The van der Waals surface area contributed by atoms with Crippen LogP contribution in [-0.4, -0.2) is 26.0 Å². The number of methoxy groups -OCH3 is 1. The van der Waals surface area contributed by atoms with E-state index in [4.69, 9.17) is 14.2 Å². The molecular weight excluding hydrogens is 328 g/mol. The van der Waals surface area contributed by atoms with Crippen LogP contribution in [0, 0.1) is 0 Å². The van der Waals surface area contributed by atoms with Crippen LogP contribution in [0.15, 0.2) is 53.5 Å². The van der Waals surface area contributed by atoms with E-state index in [1.54, 1.807) is 45.0 Å². The second kappa shape index (κ2) is 8.09. The Kier molecular flexibility index (Phi) is 5.89. The van der Waals surface area contributed by atoms with Gasteiger partial charge < -0.3 is 24.3 Å². The molecule has 0 atom stereocenters. The summed E-state index contributed by atoms with van der Waals surface area (Å²) < 4.78 is 20.0. The zero-order chi connectivity index (χ0) is 18.4. The van der Waals surface area contributed by atoms with Crippen LogP contribution >= 0.6 is 0 Å². The Morgan fingerprint density at radius 3 is 2.08 bits per heavy atom. The minimum absolute atomic E-state index is 0.128. The average molecular weight is 348 g/mol. The summed E-state index contributed by atoms with van der Waals surface area (Å²) in [7, 11) is 1.21. The van der Waals surface area contributed by atoms with Gasteiger partial charge in [-0.05, 0) is 32.9 Å². The van der Waals surface area contributed by atoms with Gasteiger partial charge in [0.15, 0.2) is 0 Å². The normalized spacial score (nSPS) is 14.0. The van der Waals surface area contributed by atoms with E-state index in [1.165, 1.54) is 12.0 Å². The molecule has 8 heteroatoms. The van der Waals surface area contributed by atoms with Crippen molar-refractivity contribution in [2.45, 2.75) is 20.8 Å². The molecule has 2 rings (SSSR count). The van der Waals surface area contributed by atoms with Crippen LogP contribution in [0.1, 0.15) is 20.8 Å². The number of nitrogens with zero attached hydrogens (tertiary/aromatic N) is 1. The number of para-hydroxylation sites is 1. The van der Waals surface area contributed by atoms with Crippen molar-refractivity contribution in [3.05, 3.63) is 53.5 Å². The van der Waals surface area contributed by atoms with Crippen molar-refractivity contribution in [1.82, 2.24) is 5.32 Å². The van der Waals surface area contributed by atoms with Crippen molar-refractivity contribution in [2.24, 2.45) is 0 Å². The molecule has 0 spiro atoms. The molecule has 1 aliphatic heterocycles. The average Bonchev–Trinajstić information content (AvgIpc) is 2.60. The molecule has 134 valence electrons. The van der Waals surface area contributed by atoms with E-state index < -0.39 is 12.3 Å². The lowest BCUT2D eigenvalue weighted by atomic mass is 10.2. The molecule has 1 N–H and O–H groups in total. The van der Waals surface area contributed by atoms with Gasteiger partial charge in [-0.3, -0.25) is 0 Å². The first-order chi connectivity index (χ1) is 12.0. The Morgan fingerprint density at radius 2 is 1.56 bits per heavy atom. The molecule has 0 radical (unpaired) electrons. The summed E-state index contributed by atoms with van der Waals surface area (Å²) in [5, 5.41) is 3.01. The maximum absolute atomic E-state index is 11.8. The first kappa shape index (κ1) is 18.2. The van der Waals surface area contributed by atoms with E-state index in [2.05, 4.69) is 10.1 Å². The van der Waals surface area contributed by atoms with Crippen LogP contribution in [0.3, 0.4) is 0 Å². The van der Waals surface area contributed by atoms with Gasteiger partial charge in [0.05, 0.1) is 30.8 Å². The van der Waals surface area contributed by atoms with Gasteiger partial charge in [-0.25, -0.2) is 14.5 Å². The standard InChI is InChI=1S/C17H20N2O6/c1-5-23-17(21)25-15-12(3)18-11(2)14(24-16(20)22-4)19(15)13-9-7-6-8-10-13/h6-10,18H,5H2,1-4H3. The lowest BCUT2D eigenvalue weighted by Crippen LogP contribution is -2.37. The molecule has 0 amide bonds. The number of nitrogens with one attached hydrogen (secondary N) is 1. The van der Waals surface area contributed by atoms with E-state index in [0.717, 1.165) is 0 Å². The first-order valence-electron chi connectivity index (χ1n) is 7.62. The van der Waals surface area contributed by atoms with E-state index in [1.807, 2.05) is 6.07 Å². The second-order valence-electron chi connectivity index (χ2n) is 5.00. The van der Waals surface area contributed by atoms with Crippen LogP contribution in [0.4, 0.5) is 15.3 Å². The maximum Gasteiger partial charge on any atom is 0.515 e. The predicted molar refractivity (Wildman–Crippen MR) is 89.1 cm³/mol. The molecule has 0 bridgehead atoms. The number of allylic oxidation sites excluding steroid dienone is 2. The number of anilines is 1. The molecule has 25 heavy (non-hydrogen) atoms. The number of rotatable bonds is 4. The van der Waals surface area contributed by atoms with E-state index in [9.17, 15) is 9.59 Å². The fraction of sp³-hybridized carbons (Fsp3) is 0.294. The third-order valence-electron chi connectivity index (χ3n) is 3.23. The SMILES string of the molecule is CCOC(=O)OC1=C(C)NC(C)=C(OC(=O)OC)N1c1ccccc1. The quantitative estimate of drug-likeness (QED) is 0.828. The molecule has 0 saturated carbocycles. The van der Waals surface area contributed by atoms with Crippen LogP contribution < -0.4 is 10.2 Å². The molecule has 0 unspecified atom stereocenters. The lowest BCUT2D eigenvalue weighted by molar-refractivity contribution is 0.0736. The number of ether oxygens (including phenoxy) is 4. The fourth-order valence-corrected chi connectivity index (χ4v) is 2.22. The van der Waals surface area contributed by atoms with Gasteiger partial charge in [0, 0.05) is 0 Å². The first-order valence-corrected chi connectivity index (χ1v) is 7.62. The largest absolute Gasteiger partial charge is 0.515 e. The highest BCUT2D eigenvalue weighted by Crippen LogP contribution is 2.32. The Labute approximate surface area is 145 Å². The Bertz CT molecular complexity index is 711. The fourth-order valence-electron chi connectivity index (χ4n) is 2.22. The zero-order valence-electron chi connectivity index (χ0n) is 14.5. The van der Waals surface area contributed by atoms with Crippen molar-refractivity contribution in [2.75, 3.05) is 18.6 Å². The van der Waals surface area contributed by atoms with Gasteiger partial charge in [0.25, 0.3) is 0 Å². The molecule has 1 aliphatic rings. The number of benzene rings is 1. The molecule has 0 aromatic heterocycles. The maximum atomic E-state index is 11.8. The Morgan fingerprint density at radius 1 is 1.00 bits per heavy atom. The summed E-state index contributed by atoms with van der Waals surface area (Å²) in [6.45, 7) is 5.29. The smallest absolute Gasteiger partial charge is 0.437 e. The van der Waals surface area contributed by atoms with Gasteiger partial charge in [-0.2, -0.15) is 0 Å². The highest BCUT2D eigenvalue weighted by atomic mass is 16.7. The number of carbonyl (C=O) groups is 2. The molecule has 1 aromatic rings. The lowest BCUT2D eigenvalue weighted by Gasteiger charge is -2.33. The third-order valence-corrected chi connectivity index (χ3v) is 3.23. The minimum atomic E-state index is -0.896. The minimum Gasteiger partial charge on any atom is -0.437 e. The summed E-state index contributed by atoms with van der Waals surface area (Å²) in [4.78, 5) is 24.9. The number of hydrogen-bond acceptors (Lipinski definition) is 8. The van der Waals surface area contributed by atoms with Crippen molar-refractivity contribution in [3.8, 4) is 0 Å². The topological polar surface area (TPSA) is 86.3 Å². The Balaban J connectivity index is 2.47. The van der Waals surface area contributed by atoms with Crippen LogP contribution in [0.2, 0.25) is 0 Å². The van der Waals surface area contributed by atoms with Crippen molar-refractivity contribution in [3.63, 3.8) is 0 Å². The monoisotopic (exact) mass is 348 g/mol. The summed E-state index contributed by atoms with van der Waals surface area (Å²) in [5.41, 5.74) is 1.72. The molecule has 8 nitrogen and oxygen atoms in total. The second-order valence-corrected chi connectivity index (χ2v) is 5.00. The highest BCUT2D eigenvalue weighted by Gasteiger charge is 2.32. The predicted octanol–water partition coefficient (Wildman–Crippen LogP) is 3.43. The van der Waals surface area contributed by atoms with Gasteiger partial charge in [-0.15, -0.1) is 0 Å². The van der Waals surface area contributed by atoms with Crippen LogP contribution in [-0.2, 0) is 18.9 Å². The van der Waals surface area contributed by atoms with Crippen molar-refractivity contribution >= 4 is 18.0 Å². The summed E-state index contributed by atoms with van der Waals surface area (Å²) in [5.74, 6) is 0.261. The zero-order valence-corrected chi connectivity index (χ0v) is 14.5. The number of hydrogen-bond donors (Lipinski definition) is 1. The molecule has 0 fully saturated rings. The molecular formula is C17H20N2O6.